The van der Waals surface area contributed by atoms with Gasteiger partial charge in [-0.1, -0.05) is 17.7 Å². The lowest BCUT2D eigenvalue weighted by Gasteiger charge is -2.07. The highest BCUT2D eigenvalue weighted by molar-refractivity contribution is 6.32. The van der Waals surface area contributed by atoms with Crippen molar-refractivity contribution in [1.82, 2.24) is 0 Å². The molecule has 1 N–H and O–H groups in total. The first-order valence-electron chi connectivity index (χ1n) is 6.48. The molecule has 0 spiro atoms. The molecule has 2 aromatic carbocycles. The molecule has 0 atom stereocenters. The number of para-hydroxylation sites is 1. The summed E-state index contributed by atoms with van der Waals surface area (Å²) in [4.78, 5) is 4.29. The third-order valence-corrected chi connectivity index (χ3v) is 3.11. The molecule has 110 valence electrons. The number of phenolic OH excluding ortho intramolecular Hbond substituents is 1. The molecule has 2 aromatic rings. The van der Waals surface area contributed by atoms with Crippen LogP contribution in [0.2, 0.25) is 5.02 Å². The average Bonchev–Trinajstić information content (AvgIpc) is 2.48. The second-order valence-electron chi connectivity index (χ2n) is 4.20. The van der Waals surface area contributed by atoms with Gasteiger partial charge in [-0.15, -0.1) is 0 Å². The summed E-state index contributed by atoms with van der Waals surface area (Å²) in [5, 5.41) is 10.6. The van der Waals surface area contributed by atoms with E-state index in [0.29, 0.717) is 34.4 Å². The smallest absolute Gasteiger partial charge is 0.166 e. The fraction of sp³-hybridized carbons (Fsp3) is 0.188. The number of methoxy groups -OCH3 is 1. The summed E-state index contributed by atoms with van der Waals surface area (Å²) in [5.41, 5.74) is 1.25. The molecular weight excluding hydrogens is 290 g/mol. The maximum atomic E-state index is 10.1. The molecule has 0 aliphatic carbocycles. The number of aliphatic imine (C=N–C) groups is 1. The number of aromatic hydroxyl groups is 1. The quantitative estimate of drug-likeness (QED) is 0.842. The zero-order valence-electron chi connectivity index (χ0n) is 11.8. The molecule has 0 bridgehead atoms. The molecule has 4 nitrogen and oxygen atoms in total. The predicted octanol–water partition coefficient (Wildman–Crippen LogP) is 4.20. The van der Waals surface area contributed by atoms with Gasteiger partial charge in [0.1, 0.15) is 5.75 Å². The summed E-state index contributed by atoms with van der Waals surface area (Å²) in [6.45, 7) is 2.35. The molecule has 0 aliphatic rings. The van der Waals surface area contributed by atoms with E-state index < -0.39 is 0 Å². The van der Waals surface area contributed by atoms with Crippen molar-refractivity contribution in [1.29, 1.82) is 0 Å². The first-order chi connectivity index (χ1) is 10.2. The van der Waals surface area contributed by atoms with Crippen molar-refractivity contribution in [3.8, 4) is 17.2 Å². The van der Waals surface area contributed by atoms with E-state index in [-0.39, 0.29) is 5.75 Å². The lowest BCUT2D eigenvalue weighted by atomic mass is 10.2. The highest BCUT2D eigenvalue weighted by Gasteiger charge is 2.06. The summed E-state index contributed by atoms with van der Waals surface area (Å²) in [6, 6.07) is 10.5. The van der Waals surface area contributed by atoms with Crippen molar-refractivity contribution >= 4 is 23.5 Å². The Kier molecular flexibility index (Phi) is 5.06. The van der Waals surface area contributed by atoms with Crippen LogP contribution in [0.25, 0.3) is 0 Å². The van der Waals surface area contributed by atoms with Crippen molar-refractivity contribution < 1.29 is 14.6 Å². The van der Waals surface area contributed by atoms with Gasteiger partial charge in [0.05, 0.1) is 24.4 Å². The molecule has 0 amide bonds. The number of ether oxygens (including phenoxy) is 2. The predicted molar refractivity (Wildman–Crippen MR) is 84.5 cm³/mol. The molecule has 2 rings (SSSR count). The van der Waals surface area contributed by atoms with Crippen LogP contribution in [0.3, 0.4) is 0 Å². The molecule has 0 unspecified atom stereocenters. The number of hydrogen-bond acceptors (Lipinski definition) is 4. The highest BCUT2D eigenvalue weighted by atomic mass is 35.5. The van der Waals surface area contributed by atoms with Gasteiger partial charge >= 0.3 is 0 Å². The van der Waals surface area contributed by atoms with Crippen molar-refractivity contribution in [2.75, 3.05) is 13.7 Å². The van der Waals surface area contributed by atoms with E-state index in [2.05, 4.69) is 4.99 Å². The Balaban J connectivity index is 2.25. The van der Waals surface area contributed by atoms with Crippen LogP contribution in [-0.2, 0) is 0 Å². The van der Waals surface area contributed by atoms with Crippen LogP contribution in [0, 0.1) is 0 Å². The fourth-order valence-electron chi connectivity index (χ4n) is 1.80. The minimum absolute atomic E-state index is 0.0720. The lowest BCUT2D eigenvalue weighted by molar-refractivity contribution is 0.318. The molecule has 0 radical (unpaired) electrons. The Morgan fingerprint density at radius 2 is 2.05 bits per heavy atom. The van der Waals surface area contributed by atoms with Crippen LogP contribution in [0.1, 0.15) is 12.5 Å². The minimum Gasteiger partial charge on any atom is -0.504 e. The topological polar surface area (TPSA) is 51.0 Å². The summed E-state index contributed by atoms with van der Waals surface area (Å²) in [6.07, 6.45) is 1.57. The van der Waals surface area contributed by atoms with Crippen LogP contribution >= 0.6 is 11.6 Å². The Bertz CT molecular complexity index is 656. The van der Waals surface area contributed by atoms with Gasteiger partial charge in [0.2, 0.25) is 0 Å². The zero-order chi connectivity index (χ0) is 15.2. The summed E-state index contributed by atoms with van der Waals surface area (Å²) in [7, 11) is 1.56. The first kappa shape index (κ1) is 15.2. The number of halogens is 1. The second kappa shape index (κ2) is 6.99. The van der Waals surface area contributed by atoms with Gasteiger partial charge in [-0.3, -0.25) is 4.99 Å². The van der Waals surface area contributed by atoms with Crippen molar-refractivity contribution in [3.63, 3.8) is 0 Å². The van der Waals surface area contributed by atoms with E-state index in [9.17, 15) is 5.11 Å². The van der Waals surface area contributed by atoms with E-state index >= 15 is 0 Å². The normalized spacial score (nSPS) is 10.8. The maximum Gasteiger partial charge on any atom is 0.166 e. The van der Waals surface area contributed by atoms with Gasteiger partial charge < -0.3 is 14.6 Å². The van der Waals surface area contributed by atoms with Crippen molar-refractivity contribution in [2.45, 2.75) is 6.92 Å². The Morgan fingerprint density at radius 1 is 1.24 bits per heavy atom. The standard InChI is InChI=1S/C16H16ClNO3/c1-3-21-15-6-4-5-11(16(15)19)10-18-12-7-8-14(20-2)13(17)9-12/h4-10,19H,3H2,1-2H3. The summed E-state index contributed by atoms with van der Waals surface area (Å²) in [5.74, 6) is 1.11. The van der Waals surface area contributed by atoms with Crippen LogP contribution < -0.4 is 9.47 Å². The minimum atomic E-state index is 0.0720. The monoisotopic (exact) mass is 305 g/mol. The highest BCUT2D eigenvalue weighted by Crippen LogP contribution is 2.31. The van der Waals surface area contributed by atoms with Crippen LogP contribution in [0.4, 0.5) is 5.69 Å². The van der Waals surface area contributed by atoms with Crippen molar-refractivity contribution in [3.05, 3.63) is 47.0 Å². The van der Waals surface area contributed by atoms with E-state index in [0.717, 1.165) is 0 Å². The van der Waals surface area contributed by atoms with E-state index in [1.807, 2.05) is 6.92 Å². The van der Waals surface area contributed by atoms with Crippen LogP contribution in [0.5, 0.6) is 17.2 Å². The lowest BCUT2D eigenvalue weighted by Crippen LogP contribution is -1.93. The third kappa shape index (κ3) is 3.67. The van der Waals surface area contributed by atoms with Crippen LogP contribution in [-0.4, -0.2) is 25.0 Å². The molecule has 0 saturated carbocycles. The van der Waals surface area contributed by atoms with Gasteiger partial charge in [-0.05, 0) is 37.3 Å². The molecule has 0 fully saturated rings. The molecular formula is C16H16ClNO3. The van der Waals surface area contributed by atoms with Gasteiger partial charge in [-0.2, -0.15) is 0 Å². The number of rotatable bonds is 5. The first-order valence-corrected chi connectivity index (χ1v) is 6.86. The Hall–Kier alpha value is -2.20. The summed E-state index contributed by atoms with van der Waals surface area (Å²) < 4.78 is 10.4. The molecule has 5 heteroatoms. The fourth-order valence-corrected chi connectivity index (χ4v) is 2.05. The molecule has 0 saturated heterocycles. The molecule has 0 aromatic heterocycles. The van der Waals surface area contributed by atoms with Crippen LogP contribution in [0.15, 0.2) is 41.4 Å². The second-order valence-corrected chi connectivity index (χ2v) is 4.61. The largest absolute Gasteiger partial charge is 0.504 e. The maximum absolute atomic E-state index is 10.1. The number of nitrogens with zero attached hydrogens (tertiary/aromatic N) is 1. The SMILES string of the molecule is CCOc1cccc(C=Nc2ccc(OC)c(Cl)c2)c1O. The van der Waals surface area contributed by atoms with Gasteiger partial charge in [0.15, 0.2) is 11.5 Å². The summed E-state index contributed by atoms with van der Waals surface area (Å²) >= 11 is 6.04. The Labute approximate surface area is 128 Å². The third-order valence-electron chi connectivity index (χ3n) is 2.82. The van der Waals surface area contributed by atoms with Gasteiger partial charge in [0.25, 0.3) is 0 Å². The molecule has 21 heavy (non-hydrogen) atoms. The Morgan fingerprint density at radius 3 is 2.71 bits per heavy atom. The zero-order valence-corrected chi connectivity index (χ0v) is 12.6. The van der Waals surface area contributed by atoms with Crippen molar-refractivity contribution in [2.24, 2.45) is 4.99 Å². The van der Waals surface area contributed by atoms with Gasteiger partial charge in [-0.25, -0.2) is 0 Å². The van der Waals surface area contributed by atoms with E-state index in [1.165, 1.54) is 0 Å². The van der Waals surface area contributed by atoms with Gasteiger partial charge in [0, 0.05) is 11.8 Å². The molecule has 0 aliphatic heterocycles. The van der Waals surface area contributed by atoms with E-state index in [1.54, 1.807) is 49.7 Å². The number of phenols is 1. The van der Waals surface area contributed by atoms with E-state index in [4.69, 9.17) is 21.1 Å². The number of benzene rings is 2. The average molecular weight is 306 g/mol. The number of hydrogen-bond donors (Lipinski definition) is 1. The molecule has 0 heterocycles.